The molecule has 1 aliphatic carbocycles. The van der Waals surface area contributed by atoms with E-state index >= 15 is 0 Å². The van der Waals surface area contributed by atoms with Gasteiger partial charge >= 0.3 is 0 Å². The summed E-state index contributed by atoms with van der Waals surface area (Å²) in [7, 11) is 0. The van der Waals surface area contributed by atoms with Crippen LogP contribution >= 0.6 is 0 Å². The minimum atomic E-state index is 0.823. The molecule has 0 saturated heterocycles. The Morgan fingerprint density at radius 2 is 2.22 bits per heavy atom. The van der Waals surface area contributed by atoms with E-state index in [1.165, 1.54) is 38.6 Å². The molecule has 0 amide bonds. The number of hydrogen-bond acceptors (Lipinski definition) is 3. The highest BCUT2D eigenvalue weighted by molar-refractivity contribution is 4.99. The van der Waals surface area contributed by atoms with Crippen LogP contribution in [0.1, 0.15) is 44.8 Å². The lowest BCUT2D eigenvalue weighted by Gasteiger charge is -2.20. The smallest absolute Gasteiger partial charge is 0.117 e. The second-order valence-electron chi connectivity index (χ2n) is 5.20. The monoisotopic (exact) mass is 250 g/mol. The van der Waals surface area contributed by atoms with Gasteiger partial charge in [0.1, 0.15) is 5.76 Å². The summed E-state index contributed by atoms with van der Waals surface area (Å²) in [5, 5.41) is 3.38. The molecular weight excluding hydrogens is 224 g/mol. The molecule has 3 nitrogen and oxygen atoms in total. The third kappa shape index (κ3) is 4.83. The van der Waals surface area contributed by atoms with Gasteiger partial charge in [-0.15, -0.1) is 0 Å². The summed E-state index contributed by atoms with van der Waals surface area (Å²) in [4.78, 5) is 2.59. The van der Waals surface area contributed by atoms with Crippen LogP contribution in [-0.4, -0.2) is 30.6 Å². The van der Waals surface area contributed by atoms with E-state index in [0.29, 0.717) is 0 Å². The van der Waals surface area contributed by atoms with E-state index in [2.05, 4.69) is 23.2 Å². The van der Waals surface area contributed by atoms with E-state index in [4.69, 9.17) is 4.42 Å². The first kappa shape index (κ1) is 13.6. The Hall–Kier alpha value is -0.800. The van der Waals surface area contributed by atoms with E-state index in [-0.39, 0.29) is 0 Å². The van der Waals surface area contributed by atoms with Crippen LogP contribution in [0.15, 0.2) is 22.8 Å². The quantitative estimate of drug-likeness (QED) is 0.647. The highest BCUT2D eigenvalue weighted by atomic mass is 16.3. The topological polar surface area (TPSA) is 28.4 Å². The third-order valence-electron chi connectivity index (χ3n) is 3.55. The maximum absolute atomic E-state index is 5.45. The van der Waals surface area contributed by atoms with Gasteiger partial charge in [-0.25, -0.2) is 0 Å². The molecule has 1 fully saturated rings. The van der Waals surface area contributed by atoms with Gasteiger partial charge in [-0.1, -0.05) is 13.3 Å². The highest BCUT2D eigenvalue weighted by Crippen LogP contribution is 2.28. The molecule has 1 N–H and O–H groups in total. The number of nitrogens with one attached hydrogen (secondary N) is 1. The fourth-order valence-electron chi connectivity index (χ4n) is 2.35. The molecule has 0 spiro atoms. The molecule has 3 heteroatoms. The van der Waals surface area contributed by atoms with E-state index in [9.17, 15) is 0 Å². The number of nitrogens with zero attached hydrogens (tertiary/aromatic N) is 1. The van der Waals surface area contributed by atoms with Crippen LogP contribution in [0.5, 0.6) is 0 Å². The highest BCUT2D eigenvalue weighted by Gasteiger charge is 2.28. The summed E-state index contributed by atoms with van der Waals surface area (Å²) >= 11 is 0. The standard InChI is InChI=1S/C15H26N2O/c1-2-16-10-4-3-5-11-17(14-8-9-14)13-15-7-6-12-18-15/h6-7,12,14,16H,2-5,8-11,13H2,1H3. The average molecular weight is 250 g/mol. The zero-order valence-electron chi connectivity index (χ0n) is 11.5. The third-order valence-corrected chi connectivity index (χ3v) is 3.55. The lowest BCUT2D eigenvalue weighted by molar-refractivity contribution is 0.228. The number of unbranched alkanes of at least 4 members (excludes halogenated alkanes) is 2. The van der Waals surface area contributed by atoms with Crippen molar-refractivity contribution < 1.29 is 4.42 Å². The maximum Gasteiger partial charge on any atom is 0.117 e. The van der Waals surface area contributed by atoms with Gasteiger partial charge in [-0.05, 0) is 57.5 Å². The molecule has 18 heavy (non-hydrogen) atoms. The van der Waals surface area contributed by atoms with Crippen molar-refractivity contribution in [2.75, 3.05) is 19.6 Å². The fraction of sp³-hybridized carbons (Fsp3) is 0.733. The largest absolute Gasteiger partial charge is 0.468 e. The van der Waals surface area contributed by atoms with Crippen molar-refractivity contribution in [3.05, 3.63) is 24.2 Å². The Kier molecular flexibility index (Phi) is 5.75. The van der Waals surface area contributed by atoms with Gasteiger partial charge < -0.3 is 9.73 Å². The minimum absolute atomic E-state index is 0.823. The summed E-state index contributed by atoms with van der Waals surface area (Å²) < 4.78 is 5.45. The van der Waals surface area contributed by atoms with Crippen LogP contribution < -0.4 is 5.32 Å². The summed E-state index contributed by atoms with van der Waals surface area (Å²) in [5.41, 5.74) is 0. The van der Waals surface area contributed by atoms with Gasteiger partial charge in [0, 0.05) is 6.04 Å². The Bertz CT molecular complexity index is 306. The number of furan rings is 1. The van der Waals surface area contributed by atoms with Crippen molar-refractivity contribution in [2.24, 2.45) is 0 Å². The minimum Gasteiger partial charge on any atom is -0.468 e. The first-order valence-corrected chi connectivity index (χ1v) is 7.37. The van der Waals surface area contributed by atoms with Crippen molar-refractivity contribution in [1.29, 1.82) is 0 Å². The normalized spacial score (nSPS) is 15.4. The van der Waals surface area contributed by atoms with Crippen LogP contribution in [0.25, 0.3) is 0 Å². The summed E-state index contributed by atoms with van der Waals surface area (Å²) in [5.74, 6) is 1.11. The molecule has 1 aliphatic rings. The summed E-state index contributed by atoms with van der Waals surface area (Å²) in [6, 6.07) is 4.89. The zero-order chi connectivity index (χ0) is 12.6. The number of rotatable bonds is 10. The lowest BCUT2D eigenvalue weighted by Crippen LogP contribution is -2.26. The molecular formula is C15H26N2O. The van der Waals surface area contributed by atoms with Gasteiger partial charge in [0.15, 0.2) is 0 Å². The molecule has 0 bridgehead atoms. The van der Waals surface area contributed by atoms with Crippen LogP contribution in [0.2, 0.25) is 0 Å². The van der Waals surface area contributed by atoms with Crippen LogP contribution in [0.4, 0.5) is 0 Å². The van der Waals surface area contributed by atoms with Gasteiger partial charge in [0.05, 0.1) is 12.8 Å². The van der Waals surface area contributed by atoms with E-state index in [1.807, 2.05) is 6.07 Å². The van der Waals surface area contributed by atoms with Gasteiger partial charge in [-0.3, -0.25) is 4.90 Å². The van der Waals surface area contributed by atoms with Crippen molar-refractivity contribution in [3.63, 3.8) is 0 Å². The van der Waals surface area contributed by atoms with Crippen molar-refractivity contribution in [3.8, 4) is 0 Å². The van der Waals surface area contributed by atoms with E-state index in [1.54, 1.807) is 6.26 Å². The Morgan fingerprint density at radius 3 is 2.89 bits per heavy atom. The molecule has 1 heterocycles. The average Bonchev–Trinajstić information content (AvgIpc) is 3.10. The van der Waals surface area contributed by atoms with Crippen LogP contribution in [0.3, 0.4) is 0 Å². The second-order valence-corrected chi connectivity index (χ2v) is 5.20. The summed E-state index contributed by atoms with van der Waals surface area (Å²) in [6.07, 6.45) is 8.46. The van der Waals surface area contributed by atoms with Crippen molar-refractivity contribution in [2.45, 2.75) is 51.6 Å². The molecule has 102 valence electrons. The molecule has 0 aliphatic heterocycles. The molecule has 1 aromatic rings. The predicted molar refractivity (Wildman–Crippen MR) is 74.5 cm³/mol. The molecule has 2 rings (SSSR count). The SMILES string of the molecule is CCNCCCCCN(Cc1ccco1)C1CC1. The van der Waals surface area contributed by atoms with E-state index < -0.39 is 0 Å². The molecule has 0 aromatic carbocycles. The van der Waals surface area contributed by atoms with Crippen LogP contribution in [-0.2, 0) is 6.54 Å². The molecule has 1 aromatic heterocycles. The first-order chi connectivity index (χ1) is 8.90. The van der Waals surface area contributed by atoms with Gasteiger partial charge in [0.25, 0.3) is 0 Å². The number of hydrogen-bond donors (Lipinski definition) is 1. The first-order valence-electron chi connectivity index (χ1n) is 7.37. The predicted octanol–water partition coefficient (Wildman–Crippen LogP) is 3.02. The summed E-state index contributed by atoms with van der Waals surface area (Å²) in [6.45, 7) is 6.63. The maximum atomic E-state index is 5.45. The second kappa shape index (κ2) is 7.59. The van der Waals surface area contributed by atoms with Crippen molar-refractivity contribution in [1.82, 2.24) is 10.2 Å². The van der Waals surface area contributed by atoms with Gasteiger partial charge in [0.2, 0.25) is 0 Å². The van der Waals surface area contributed by atoms with Gasteiger partial charge in [-0.2, -0.15) is 0 Å². The molecule has 0 unspecified atom stereocenters. The molecule has 1 saturated carbocycles. The molecule has 0 radical (unpaired) electrons. The lowest BCUT2D eigenvalue weighted by atomic mass is 10.2. The molecule has 0 atom stereocenters. The Labute approximate surface area is 111 Å². The fourth-order valence-corrected chi connectivity index (χ4v) is 2.35. The van der Waals surface area contributed by atoms with Crippen LogP contribution in [0, 0.1) is 0 Å². The van der Waals surface area contributed by atoms with E-state index in [0.717, 1.165) is 31.4 Å². The zero-order valence-corrected chi connectivity index (χ0v) is 11.5. The Balaban J connectivity index is 1.61. The Morgan fingerprint density at radius 1 is 1.33 bits per heavy atom. The van der Waals surface area contributed by atoms with Crippen molar-refractivity contribution >= 4 is 0 Å².